The van der Waals surface area contributed by atoms with Gasteiger partial charge in [-0.15, -0.1) is 0 Å². The Morgan fingerprint density at radius 1 is 1.32 bits per heavy atom. The molecule has 8 heteroatoms. The third kappa shape index (κ3) is 4.22. The molecule has 116 valence electrons. The Kier molecular flexibility index (Phi) is 5.41. The van der Waals surface area contributed by atoms with E-state index in [0.29, 0.717) is 15.6 Å². The SMILES string of the molecule is O=C(/C=C/c1ccc(Cl)c(Cl)c1)OCC(=O)N1CCOC1=O. The van der Waals surface area contributed by atoms with Crippen LogP contribution in [0, 0.1) is 0 Å². The van der Waals surface area contributed by atoms with Crippen molar-refractivity contribution in [2.75, 3.05) is 19.8 Å². The van der Waals surface area contributed by atoms with Gasteiger partial charge in [-0.05, 0) is 23.8 Å². The Morgan fingerprint density at radius 3 is 2.73 bits per heavy atom. The van der Waals surface area contributed by atoms with Gasteiger partial charge in [0.05, 0.1) is 16.6 Å². The number of imide groups is 1. The molecule has 6 nitrogen and oxygen atoms in total. The number of amides is 2. The van der Waals surface area contributed by atoms with Crippen LogP contribution in [0.5, 0.6) is 0 Å². The minimum atomic E-state index is -0.729. The van der Waals surface area contributed by atoms with Gasteiger partial charge in [0.1, 0.15) is 6.61 Å². The molecule has 0 radical (unpaired) electrons. The summed E-state index contributed by atoms with van der Waals surface area (Å²) in [5, 5.41) is 0.768. The highest BCUT2D eigenvalue weighted by molar-refractivity contribution is 6.42. The van der Waals surface area contributed by atoms with E-state index >= 15 is 0 Å². The maximum atomic E-state index is 11.6. The molecule has 1 aliphatic rings. The number of nitrogens with zero attached hydrogens (tertiary/aromatic N) is 1. The van der Waals surface area contributed by atoms with Gasteiger partial charge in [-0.2, -0.15) is 0 Å². The molecule has 22 heavy (non-hydrogen) atoms. The molecule has 2 amide bonds. The normalized spacial score (nSPS) is 14.3. The predicted molar refractivity (Wildman–Crippen MR) is 79.5 cm³/mol. The van der Waals surface area contributed by atoms with Crippen molar-refractivity contribution < 1.29 is 23.9 Å². The Labute approximate surface area is 136 Å². The van der Waals surface area contributed by atoms with Gasteiger partial charge in [0.2, 0.25) is 0 Å². The summed E-state index contributed by atoms with van der Waals surface area (Å²) in [5.41, 5.74) is 0.654. The zero-order chi connectivity index (χ0) is 16.1. The molecule has 1 aromatic carbocycles. The number of halogens is 2. The molecule has 1 saturated heterocycles. The zero-order valence-electron chi connectivity index (χ0n) is 11.3. The Hall–Kier alpha value is -2.05. The van der Waals surface area contributed by atoms with E-state index in [1.807, 2.05) is 0 Å². The maximum absolute atomic E-state index is 11.6. The van der Waals surface area contributed by atoms with Crippen molar-refractivity contribution in [3.8, 4) is 0 Å². The van der Waals surface area contributed by atoms with Crippen molar-refractivity contribution in [3.05, 3.63) is 39.9 Å². The van der Waals surface area contributed by atoms with Crippen LogP contribution in [-0.4, -0.2) is 42.6 Å². The molecule has 1 heterocycles. The smallest absolute Gasteiger partial charge is 0.416 e. The predicted octanol–water partition coefficient (Wildman–Crippen LogP) is 2.53. The average molecular weight is 344 g/mol. The molecule has 1 aliphatic heterocycles. The van der Waals surface area contributed by atoms with E-state index in [2.05, 4.69) is 4.74 Å². The van der Waals surface area contributed by atoms with Gasteiger partial charge in [0.15, 0.2) is 6.61 Å². The highest BCUT2D eigenvalue weighted by Gasteiger charge is 2.28. The largest absolute Gasteiger partial charge is 0.452 e. The highest BCUT2D eigenvalue weighted by Crippen LogP contribution is 2.23. The zero-order valence-corrected chi connectivity index (χ0v) is 12.8. The second kappa shape index (κ2) is 7.29. The minimum Gasteiger partial charge on any atom is -0.452 e. The third-order valence-corrected chi connectivity index (χ3v) is 3.49. The van der Waals surface area contributed by atoms with Crippen LogP contribution in [0.3, 0.4) is 0 Å². The molecular formula is C14H11Cl2NO5. The first-order valence-corrected chi connectivity index (χ1v) is 7.00. The van der Waals surface area contributed by atoms with Crippen molar-refractivity contribution >= 4 is 47.2 Å². The van der Waals surface area contributed by atoms with Crippen LogP contribution in [0.4, 0.5) is 4.79 Å². The lowest BCUT2D eigenvalue weighted by Gasteiger charge is -2.09. The number of rotatable bonds is 4. The lowest BCUT2D eigenvalue weighted by molar-refractivity contribution is -0.146. The van der Waals surface area contributed by atoms with Gasteiger partial charge in [-0.1, -0.05) is 29.3 Å². The summed E-state index contributed by atoms with van der Waals surface area (Å²) in [6.45, 7) is -0.219. The topological polar surface area (TPSA) is 72.9 Å². The van der Waals surface area contributed by atoms with E-state index in [0.717, 1.165) is 11.0 Å². The number of cyclic esters (lactones) is 1. The lowest BCUT2D eigenvalue weighted by Crippen LogP contribution is -2.35. The molecule has 2 rings (SSSR count). The van der Waals surface area contributed by atoms with Gasteiger partial charge in [-0.3, -0.25) is 4.79 Å². The number of ether oxygens (including phenoxy) is 2. The first-order valence-electron chi connectivity index (χ1n) is 6.24. The highest BCUT2D eigenvalue weighted by atomic mass is 35.5. The van der Waals surface area contributed by atoms with Crippen LogP contribution in [0.1, 0.15) is 5.56 Å². The fraction of sp³-hybridized carbons (Fsp3) is 0.214. The summed E-state index contributed by atoms with van der Waals surface area (Å²) >= 11 is 11.6. The number of benzene rings is 1. The molecule has 0 N–H and O–H groups in total. The second-order valence-electron chi connectivity index (χ2n) is 4.27. The molecule has 1 fully saturated rings. The summed E-state index contributed by atoms with van der Waals surface area (Å²) < 4.78 is 9.36. The monoisotopic (exact) mass is 343 g/mol. The van der Waals surface area contributed by atoms with E-state index in [-0.39, 0.29) is 13.2 Å². The molecule has 0 atom stereocenters. The molecular weight excluding hydrogens is 333 g/mol. The van der Waals surface area contributed by atoms with Crippen LogP contribution in [0.25, 0.3) is 6.08 Å². The van der Waals surface area contributed by atoms with E-state index in [1.165, 1.54) is 6.08 Å². The Balaban J connectivity index is 1.84. The molecule has 0 spiro atoms. The molecule has 0 unspecified atom stereocenters. The Morgan fingerprint density at radius 2 is 2.09 bits per heavy atom. The van der Waals surface area contributed by atoms with Gasteiger partial charge in [0.25, 0.3) is 5.91 Å². The molecule has 0 bridgehead atoms. The van der Waals surface area contributed by atoms with Crippen molar-refractivity contribution in [2.45, 2.75) is 0 Å². The number of esters is 1. The fourth-order valence-corrected chi connectivity index (χ4v) is 1.97. The third-order valence-electron chi connectivity index (χ3n) is 2.76. The van der Waals surface area contributed by atoms with E-state index in [1.54, 1.807) is 18.2 Å². The molecule has 0 aliphatic carbocycles. The van der Waals surface area contributed by atoms with Crippen LogP contribution < -0.4 is 0 Å². The van der Waals surface area contributed by atoms with E-state index in [4.69, 9.17) is 27.9 Å². The first-order chi connectivity index (χ1) is 10.5. The summed E-state index contributed by atoms with van der Waals surface area (Å²) in [6, 6.07) is 4.85. The molecule has 0 aromatic heterocycles. The van der Waals surface area contributed by atoms with Crippen molar-refractivity contribution in [1.29, 1.82) is 0 Å². The van der Waals surface area contributed by atoms with Gasteiger partial charge in [0, 0.05) is 6.08 Å². The fourth-order valence-electron chi connectivity index (χ4n) is 1.66. The summed E-state index contributed by atoms with van der Waals surface area (Å²) in [5.74, 6) is -1.34. The van der Waals surface area contributed by atoms with Crippen LogP contribution in [0.15, 0.2) is 24.3 Å². The van der Waals surface area contributed by atoms with Crippen molar-refractivity contribution in [3.63, 3.8) is 0 Å². The summed E-state index contributed by atoms with van der Waals surface area (Å²) in [4.78, 5) is 35.1. The standard InChI is InChI=1S/C14H11Cl2NO5/c15-10-3-1-9(7-11(10)16)2-4-13(19)22-8-12(18)17-5-6-21-14(17)20/h1-4,7H,5-6,8H2/b4-2+. The molecule has 1 aromatic rings. The number of carbonyl (C=O) groups excluding carboxylic acids is 3. The van der Waals surface area contributed by atoms with Crippen LogP contribution >= 0.6 is 23.2 Å². The maximum Gasteiger partial charge on any atom is 0.416 e. The second-order valence-corrected chi connectivity index (χ2v) is 5.09. The number of hydrogen-bond donors (Lipinski definition) is 0. The van der Waals surface area contributed by atoms with Crippen molar-refractivity contribution in [2.24, 2.45) is 0 Å². The quantitative estimate of drug-likeness (QED) is 0.620. The van der Waals surface area contributed by atoms with Crippen LogP contribution in [-0.2, 0) is 19.1 Å². The minimum absolute atomic E-state index is 0.149. The van der Waals surface area contributed by atoms with E-state index in [9.17, 15) is 14.4 Å². The first kappa shape index (κ1) is 16.3. The Bertz CT molecular complexity index is 644. The summed E-state index contributed by atoms with van der Waals surface area (Å²) in [6.07, 6.45) is 1.89. The van der Waals surface area contributed by atoms with Gasteiger partial charge >= 0.3 is 12.1 Å². The van der Waals surface area contributed by atoms with Gasteiger partial charge < -0.3 is 9.47 Å². The average Bonchev–Trinajstić information content (AvgIpc) is 2.92. The lowest BCUT2D eigenvalue weighted by atomic mass is 10.2. The van der Waals surface area contributed by atoms with Crippen LogP contribution in [0.2, 0.25) is 10.0 Å². The summed E-state index contributed by atoms with van der Waals surface area (Å²) in [7, 11) is 0. The molecule has 0 saturated carbocycles. The number of carbonyl (C=O) groups is 3. The van der Waals surface area contributed by atoms with Gasteiger partial charge in [-0.25, -0.2) is 14.5 Å². The van der Waals surface area contributed by atoms with E-state index < -0.39 is 24.6 Å². The van der Waals surface area contributed by atoms with Crippen molar-refractivity contribution in [1.82, 2.24) is 4.90 Å². The number of hydrogen-bond acceptors (Lipinski definition) is 5.